The van der Waals surface area contributed by atoms with Crippen molar-refractivity contribution in [2.24, 2.45) is 0 Å². The van der Waals surface area contributed by atoms with Gasteiger partial charge in [0, 0.05) is 25.0 Å². The van der Waals surface area contributed by atoms with Crippen LogP contribution in [-0.4, -0.2) is 39.5 Å². The Bertz CT molecular complexity index is 1020. The molecule has 0 atom stereocenters. The molecule has 25 heavy (non-hydrogen) atoms. The van der Waals surface area contributed by atoms with Gasteiger partial charge in [0.2, 0.25) is 10.0 Å². The first kappa shape index (κ1) is 17.0. The van der Waals surface area contributed by atoms with Gasteiger partial charge in [0.15, 0.2) is 11.6 Å². The lowest BCUT2D eigenvalue weighted by molar-refractivity contribution is 0.390. The summed E-state index contributed by atoms with van der Waals surface area (Å²) < 4.78 is 34.8. The Morgan fingerprint density at radius 3 is 2.72 bits per heavy atom. The lowest BCUT2D eigenvalue weighted by atomic mass is 10.4. The van der Waals surface area contributed by atoms with E-state index >= 15 is 0 Å². The zero-order valence-electron chi connectivity index (χ0n) is 13.6. The van der Waals surface area contributed by atoms with Crippen LogP contribution in [-0.2, 0) is 16.6 Å². The third-order valence-electron chi connectivity index (χ3n) is 3.47. The van der Waals surface area contributed by atoms with Crippen LogP contribution in [0.1, 0.15) is 11.5 Å². The number of nitrogens with zero attached hydrogens (tertiary/aromatic N) is 5. The van der Waals surface area contributed by atoms with Crippen molar-refractivity contribution in [2.75, 3.05) is 6.54 Å². The molecule has 0 aromatic carbocycles. The Kier molecular flexibility index (Phi) is 4.51. The monoisotopic (exact) mass is 364 g/mol. The van der Waals surface area contributed by atoms with Crippen LogP contribution >= 0.6 is 0 Å². The highest BCUT2D eigenvalue weighted by Crippen LogP contribution is 2.18. The lowest BCUT2D eigenvalue weighted by Gasteiger charge is -2.09. The number of sulfonamides is 1. The molecule has 0 unspecified atom stereocenters. The van der Waals surface area contributed by atoms with Crippen molar-refractivity contribution in [3.63, 3.8) is 0 Å². The molecule has 0 bridgehead atoms. The molecule has 0 aliphatic carbocycles. The van der Waals surface area contributed by atoms with Gasteiger partial charge in [-0.25, -0.2) is 22.8 Å². The summed E-state index contributed by atoms with van der Waals surface area (Å²) in [6, 6.07) is 2.93. The first-order valence-electron chi connectivity index (χ1n) is 7.37. The number of aromatic nitrogens is 5. The molecule has 0 fully saturated rings. The number of hydrogen-bond acceptors (Lipinski definition) is 7. The summed E-state index contributed by atoms with van der Waals surface area (Å²) in [4.78, 5) is 15.8. The zero-order valence-corrected chi connectivity index (χ0v) is 14.4. The van der Waals surface area contributed by atoms with Crippen molar-refractivity contribution in [2.45, 2.75) is 25.3 Å². The second-order valence-electron chi connectivity index (χ2n) is 5.27. The van der Waals surface area contributed by atoms with Crippen LogP contribution in [0.5, 0.6) is 0 Å². The highest BCUT2D eigenvalue weighted by Gasteiger charge is 2.23. The number of imidazole rings is 1. The molecule has 3 rings (SSSR count). The fourth-order valence-corrected chi connectivity index (χ4v) is 3.69. The fourth-order valence-electron chi connectivity index (χ4n) is 2.35. The molecule has 3 aromatic rings. The smallest absolute Gasteiger partial charge is 0.266 e. The van der Waals surface area contributed by atoms with Crippen LogP contribution < -0.4 is 10.3 Å². The van der Waals surface area contributed by atoms with Crippen LogP contribution in [0.4, 0.5) is 0 Å². The summed E-state index contributed by atoms with van der Waals surface area (Å²) >= 11 is 0. The second-order valence-corrected chi connectivity index (χ2v) is 6.98. The molecule has 11 heteroatoms. The van der Waals surface area contributed by atoms with E-state index in [1.165, 1.54) is 17.7 Å². The molecule has 3 aromatic heterocycles. The molecular formula is C14H16N6O4S. The normalized spacial score (nSPS) is 11.8. The van der Waals surface area contributed by atoms with Crippen LogP contribution in [0, 0.1) is 13.8 Å². The Balaban J connectivity index is 1.74. The van der Waals surface area contributed by atoms with E-state index in [4.69, 9.17) is 4.52 Å². The van der Waals surface area contributed by atoms with Crippen LogP contribution in [0.3, 0.4) is 0 Å². The van der Waals surface area contributed by atoms with Gasteiger partial charge < -0.3 is 4.52 Å². The average Bonchev–Trinajstić information content (AvgIpc) is 3.19. The second kappa shape index (κ2) is 6.61. The van der Waals surface area contributed by atoms with Gasteiger partial charge in [0.25, 0.3) is 5.56 Å². The molecule has 0 saturated carbocycles. The number of nitrogens with one attached hydrogen (secondary N) is 1. The summed E-state index contributed by atoms with van der Waals surface area (Å²) in [5.74, 6) is 0.716. The Morgan fingerprint density at radius 2 is 2.08 bits per heavy atom. The molecule has 1 N–H and O–H groups in total. The first-order chi connectivity index (χ1) is 11.9. The number of aryl methyl sites for hydroxylation is 2. The maximum atomic E-state index is 12.3. The fraction of sp³-hybridized carbons (Fsp3) is 0.286. The average molecular weight is 364 g/mol. The molecule has 0 aliphatic heterocycles. The van der Waals surface area contributed by atoms with Crippen molar-refractivity contribution in [1.82, 2.24) is 29.2 Å². The van der Waals surface area contributed by atoms with Crippen molar-refractivity contribution in [3.8, 4) is 5.82 Å². The Hall–Kier alpha value is -2.79. The zero-order chi connectivity index (χ0) is 18.0. The van der Waals surface area contributed by atoms with Crippen molar-refractivity contribution in [1.29, 1.82) is 0 Å². The molecule has 0 saturated heterocycles. The standard InChI is InChI=1S/C14H16N6O4S/c1-10-14(11(2)24-18-10)25(22,23)16-6-8-20-13(21)4-3-12(17-20)19-7-5-15-9-19/h3-5,7,9,16H,6,8H2,1-2H3. The molecule has 10 nitrogen and oxygen atoms in total. The Morgan fingerprint density at radius 1 is 1.28 bits per heavy atom. The topological polar surface area (TPSA) is 125 Å². The van der Waals surface area contributed by atoms with Crippen LogP contribution in [0.25, 0.3) is 5.82 Å². The SMILES string of the molecule is Cc1noc(C)c1S(=O)(=O)NCCn1nc(-n2ccnc2)ccc1=O. The third kappa shape index (κ3) is 3.51. The summed E-state index contributed by atoms with van der Waals surface area (Å²) in [5.41, 5.74) is -0.0530. The minimum absolute atomic E-state index is 0.00726. The van der Waals surface area contributed by atoms with Crippen LogP contribution in [0.15, 0.2) is 45.1 Å². The highest BCUT2D eigenvalue weighted by molar-refractivity contribution is 7.89. The first-order valence-corrected chi connectivity index (χ1v) is 8.86. The van der Waals surface area contributed by atoms with Gasteiger partial charge in [-0.05, 0) is 19.9 Å². The highest BCUT2D eigenvalue weighted by atomic mass is 32.2. The van der Waals surface area contributed by atoms with E-state index in [9.17, 15) is 13.2 Å². The van der Waals surface area contributed by atoms with E-state index in [-0.39, 0.29) is 35.0 Å². The van der Waals surface area contributed by atoms with Crippen molar-refractivity contribution in [3.05, 3.63) is 52.7 Å². The predicted octanol–water partition coefficient (Wildman–Crippen LogP) is 0.0123. The largest absolute Gasteiger partial charge is 0.360 e. The minimum Gasteiger partial charge on any atom is -0.360 e. The van der Waals surface area contributed by atoms with Gasteiger partial charge in [-0.3, -0.25) is 9.36 Å². The van der Waals surface area contributed by atoms with E-state index in [0.29, 0.717) is 5.82 Å². The minimum atomic E-state index is -3.78. The summed E-state index contributed by atoms with van der Waals surface area (Å²) in [6.07, 6.45) is 4.84. The predicted molar refractivity (Wildman–Crippen MR) is 86.8 cm³/mol. The summed E-state index contributed by atoms with van der Waals surface area (Å²) in [5, 5.41) is 7.83. The van der Waals surface area contributed by atoms with Gasteiger partial charge in [-0.1, -0.05) is 5.16 Å². The maximum Gasteiger partial charge on any atom is 0.266 e. The van der Waals surface area contributed by atoms with E-state index in [1.807, 2.05) is 0 Å². The van der Waals surface area contributed by atoms with Gasteiger partial charge in [-0.2, -0.15) is 5.10 Å². The van der Waals surface area contributed by atoms with Gasteiger partial charge >= 0.3 is 0 Å². The third-order valence-corrected chi connectivity index (χ3v) is 5.18. The van der Waals surface area contributed by atoms with E-state index < -0.39 is 10.0 Å². The van der Waals surface area contributed by atoms with E-state index in [0.717, 1.165) is 0 Å². The number of hydrogen-bond donors (Lipinski definition) is 1. The Labute approximate surface area is 143 Å². The molecule has 0 amide bonds. The van der Waals surface area contributed by atoms with Crippen molar-refractivity contribution < 1.29 is 12.9 Å². The number of rotatable bonds is 6. The van der Waals surface area contributed by atoms with Gasteiger partial charge in [0.1, 0.15) is 16.9 Å². The summed E-state index contributed by atoms with van der Waals surface area (Å²) in [6.45, 7) is 3.14. The molecular weight excluding hydrogens is 348 g/mol. The van der Waals surface area contributed by atoms with Gasteiger partial charge in [0.05, 0.1) is 6.54 Å². The summed E-state index contributed by atoms with van der Waals surface area (Å²) in [7, 11) is -3.78. The molecule has 132 valence electrons. The molecule has 0 spiro atoms. The van der Waals surface area contributed by atoms with E-state index in [2.05, 4.69) is 20.0 Å². The van der Waals surface area contributed by atoms with E-state index in [1.54, 1.807) is 36.3 Å². The molecule has 0 aliphatic rings. The quantitative estimate of drug-likeness (QED) is 0.653. The molecule has 3 heterocycles. The molecule has 0 radical (unpaired) electrons. The maximum absolute atomic E-state index is 12.3. The van der Waals surface area contributed by atoms with Crippen molar-refractivity contribution >= 4 is 10.0 Å². The van der Waals surface area contributed by atoms with Crippen LogP contribution in [0.2, 0.25) is 0 Å². The lowest BCUT2D eigenvalue weighted by Crippen LogP contribution is -2.32. The van der Waals surface area contributed by atoms with Gasteiger partial charge in [-0.15, -0.1) is 0 Å².